The van der Waals surface area contributed by atoms with Gasteiger partial charge in [0.05, 0.1) is 16.3 Å². The highest BCUT2D eigenvalue weighted by Crippen LogP contribution is 2.17. The number of rotatable bonds is 4. The molecule has 2 rings (SSSR count). The van der Waals surface area contributed by atoms with Gasteiger partial charge in [-0.1, -0.05) is 35.9 Å². The van der Waals surface area contributed by atoms with Crippen molar-refractivity contribution in [1.29, 1.82) is 0 Å². The summed E-state index contributed by atoms with van der Waals surface area (Å²) in [5.41, 5.74) is 6.48. The molecule has 0 unspecified atom stereocenters. The molecule has 0 heterocycles. The van der Waals surface area contributed by atoms with Crippen LogP contribution in [0.15, 0.2) is 53.6 Å². The molecular weight excluding hydrogens is 254 g/mol. The van der Waals surface area contributed by atoms with Gasteiger partial charge in [0, 0.05) is 12.1 Å². The summed E-state index contributed by atoms with van der Waals surface area (Å²) < 4.78 is 0. The minimum Gasteiger partial charge on any atom is -0.278 e. The van der Waals surface area contributed by atoms with Crippen LogP contribution in [0, 0.1) is 17.0 Å². The number of hydrazone groups is 1. The van der Waals surface area contributed by atoms with Crippen LogP contribution in [0.2, 0.25) is 0 Å². The van der Waals surface area contributed by atoms with E-state index in [1.807, 2.05) is 38.1 Å². The zero-order valence-electron chi connectivity index (χ0n) is 11.3. The van der Waals surface area contributed by atoms with Gasteiger partial charge in [-0.15, -0.1) is 0 Å². The number of benzene rings is 2. The average Bonchev–Trinajstić information content (AvgIpc) is 2.46. The molecule has 0 saturated heterocycles. The average molecular weight is 269 g/mol. The van der Waals surface area contributed by atoms with Crippen molar-refractivity contribution >= 4 is 17.1 Å². The second kappa shape index (κ2) is 5.97. The quantitative estimate of drug-likeness (QED) is 0.522. The lowest BCUT2D eigenvalue weighted by atomic mass is 10.1. The molecule has 0 radical (unpaired) electrons. The first-order chi connectivity index (χ1) is 9.56. The summed E-state index contributed by atoms with van der Waals surface area (Å²) in [5, 5.41) is 14.9. The van der Waals surface area contributed by atoms with Crippen molar-refractivity contribution in [3.63, 3.8) is 0 Å². The van der Waals surface area contributed by atoms with E-state index < -0.39 is 4.92 Å². The van der Waals surface area contributed by atoms with Crippen LogP contribution < -0.4 is 5.43 Å². The maximum Gasteiger partial charge on any atom is 0.271 e. The van der Waals surface area contributed by atoms with Gasteiger partial charge in [0.1, 0.15) is 0 Å². The fourth-order valence-corrected chi connectivity index (χ4v) is 1.70. The summed E-state index contributed by atoms with van der Waals surface area (Å²) in [4.78, 5) is 10.3. The van der Waals surface area contributed by atoms with Crippen LogP contribution in [0.25, 0.3) is 0 Å². The van der Waals surface area contributed by atoms with Crippen molar-refractivity contribution < 1.29 is 4.92 Å². The molecule has 20 heavy (non-hydrogen) atoms. The number of nitro groups is 1. The Morgan fingerprint density at radius 1 is 1.20 bits per heavy atom. The highest BCUT2D eigenvalue weighted by Gasteiger charge is 2.05. The predicted molar refractivity (Wildman–Crippen MR) is 80.1 cm³/mol. The first-order valence-corrected chi connectivity index (χ1v) is 6.18. The normalized spacial score (nSPS) is 11.2. The van der Waals surface area contributed by atoms with E-state index >= 15 is 0 Å². The summed E-state index contributed by atoms with van der Waals surface area (Å²) in [6, 6.07) is 14.3. The number of anilines is 1. The molecule has 2 aromatic rings. The minimum absolute atomic E-state index is 0.0400. The van der Waals surface area contributed by atoms with Crippen LogP contribution in [-0.4, -0.2) is 10.6 Å². The molecule has 0 saturated carbocycles. The zero-order chi connectivity index (χ0) is 14.5. The Morgan fingerprint density at radius 2 is 1.90 bits per heavy atom. The van der Waals surface area contributed by atoms with E-state index in [1.165, 1.54) is 17.7 Å². The highest BCUT2D eigenvalue weighted by molar-refractivity contribution is 5.99. The van der Waals surface area contributed by atoms with Gasteiger partial charge in [0.2, 0.25) is 0 Å². The number of non-ortho nitro benzene ring substituents is 1. The molecule has 0 amide bonds. The number of nitrogens with one attached hydrogen (secondary N) is 1. The summed E-state index contributed by atoms with van der Waals surface area (Å²) in [6.45, 7) is 3.91. The SMILES string of the molecule is C/C(=N/Nc1cccc([N+](=O)[O-])c1)c1ccc(C)cc1. The van der Waals surface area contributed by atoms with Crippen molar-refractivity contribution in [3.05, 3.63) is 69.8 Å². The third-order valence-electron chi connectivity index (χ3n) is 2.88. The Kier molecular flexibility index (Phi) is 4.10. The van der Waals surface area contributed by atoms with Crippen molar-refractivity contribution in [1.82, 2.24) is 0 Å². The summed E-state index contributed by atoms with van der Waals surface area (Å²) in [6.07, 6.45) is 0. The predicted octanol–water partition coefficient (Wildman–Crippen LogP) is 3.74. The van der Waals surface area contributed by atoms with E-state index in [-0.39, 0.29) is 5.69 Å². The summed E-state index contributed by atoms with van der Waals surface area (Å²) in [5.74, 6) is 0. The Labute approximate surface area is 117 Å². The van der Waals surface area contributed by atoms with Crippen LogP contribution >= 0.6 is 0 Å². The smallest absolute Gasteiger partial charge is 0.271 e. The molecule has 5 nitrogen and oxygen atoms in total. The Morgan fingerprint density at radius 3 is 2.55 bits per heavy atom. The number of aryl methyl sites for hydroxylation is 1. The van der Waals surface area contributed by atoms with Gasteiger partial charge in [-0.3, -0.25) is 15.5 Å². The fourth-order valence-electron chi connectivity index (χ4n) is 1.70. The van der Waals surface area contributed by atoms with E-state index in [1.54, 1.807) is 12.1 Å². The van der Waals surface area contributed by atoms with E-state index in [0.717, 1.165) is 11.3 Å². The lowest BCUT2D eigenvalue weighted by molar-refractivity contribution is -0.384. The number of hydrogen-bond acceptors (Lipinski definition) is 4. The topological polar surface area (TPSA) is 67.5 Å². The van der Waals surface area contributed by atoms with Gasteiger partial charge in [-0.2, -0.15) is 5.10 Å². The number of nitro benzene ring substituents is 1. The Hall–Kier alpha value is -2.69. The van der Waals surface area contributed by atoms with Crippen LogP contribution in [-0.2, 0) is 0 Å². The lowest BCUT2D eigenvalue weighted by Gasteiger charge is -2.04. The van der Waals surface area contributed by atoms with Crippen molar-refractivity contribution in [3.8, 4) is 0 Å². The lowest BCUT2D eigenvalue weighted by Crippen LogP contribution is -2.00. The van der Waals surface area contributed by atoms with Crippen LogP contribution in [0.3, 0.4) is 0 Å². The van der Waals surface area contributed by atoms with Gasteiger partial charge in [0.25, 0.3) is 5.69 Å². The van der Waals surface area contributed by atoms with E-state index in [4.69, 9.17) is 0 Å². The molecule has 0 aromatic heterocycles. The monoisotopic (exact) mass is 269 g/mol. The highest BCUT2D eigenvalue weighted by atomic mass is 16.6. The second-order valence-corrected chi connectivity index (χ2v) is 4.48. The summed E-state index contributed by atoms with van der Waals surface area (Å²) >= 11 is 0. The molecule has 0 atom stereocenters. The molecule has 102 valence electrons. The van der Waals surface area contributed by atoms with Crippen LogP contribution in [0.1, 0.15) is 18.1 Å². The molecular formula is C15H15N3O2. The van der Waals surface area contributed by atoms with Crippen molar-refractivity contribution in [2.24, 2.45) is 5.10 Å². The largest absolute Gasteiger partial charge is 0.278 e. The third-order valence-corrected chi connectivity index (χ3v) is 2.88. The van der Waals surface area contributed by atoms with E-state index in [0.29, 0.717) is 5.69 Å². The maximum atomic E-state index is 10.7. The first kappa shape index (κ1) is 13.7. The van der Waals surface area contributed by atoms with Gasteiger partial charge in [-0.25, -0.2) is 0 Å². The number of nitrogens with zero attached hydrogens (tertiary/aromatic N) is 2. The standard InChI is InChI=1S/C15H15N3O2/c1-11-6-8-13(9-7-11)12(2)16-17-14-4-3-5-15(10-14)18(19)20/h3-10,17H,1-2H3/b16-12-. The zero-order valence-corrected chi connectivity index (χ0v) is 11.3. The van der Waals surface area contributed by atoms with Gasteiger partial charge >= 0.3 is 0 Å². The van der Waals surface area contributed by atoms with E-state index in [2.05, 4.69) is 10.5 Å². The van der Waals surface area contributed by atoms with E-state index in [9.17, 15) is 10.1 Å². The molecule has 0 spiro atoms. The van der Waals surface area contributed by atoms with Gasteiger partial charge in [-0.05, 0) is 25.5 Å². The molecule has 0 aliphatic heterocycles. The molecule has 0 aliphatic rings. The molecule has 0 fully saturated rings. The van der Waals surface area contributed by atoms with Crippen LogP contribution in [0.5, 0.6) is 0 Å². The van der Waals surface area contributed by atoms with Crippen molar-refractivity contribution in [2.75, 3.05) is 5.43 Å². The first-order valence-electron chi connectivity index (χ1n) is 6.18. The Balaban J connectivity index is 2.14. The molecule has 2 aromatic carbocycles. The fraction of sp³-hybridized carbons (Fsp3) is 0.133. The number of hydrogen-bond donors (Lipinski definition) is 1. The van der Waals surface area contributed by atoms with Gasteiger partial charge in [0.15, 0.2) is 0 Å². The summed E-state index contributed by atoms with van der Waals surface area (Å²) in [7, 11) is 0. The van der Waals surface area contributed by atoms with Crippen LogP contribution in [0.4, 0.5) is 11.4 Å². The Bertz CT molecular complexity index is 648. The molecule has 1 N–H and O–H groups in total. The molecule has 0 aliphatic carbocycles. The van der Waals surface area contributed by atoms with Gasteiger partial charge < -0.3 is 0 Å². The second-order valence-electron chi connectivity index (χ2n) is 4.48. The maximum absolute atomic E-state index is 10.7. The third kappa shape index (κ3) is 3.41. The molecule has 5 heteroatoms. The minimum atomic E-state index is -0.429. The molecule has 0 bridgehead atoms. The van der Waals surface area contributed by atoms with Crippen molar-refractivity contribution in [2.45, 2.75) is 13.8 Å².